The molecule has 0 aliphatic carbocycles. The maximum Gasteiger partial charge on any atom is 0.312 e. The molecule has 3 heteroatoms. The van der Waals surface area contributed by atoms with Gasteiger partial charge in [-0.1, -0.05) is 13.8 Å². The van der Waals surface area contributed by atoms with Gasteiger partial charge >= 0.3 is 5.97 Å². The first-order chi connectivity index (χ1) is 6.02. The van der Waals surface area contributed by atoms with Gasteiger partial charge < -0.3 is 5.11 Å². The lowest BCUT2D eigenvalue weighted by Gasteiger charge is -2.13. The monoisotopic (exact) mass is 198 g/mol. The largest absolute Gasteiger partial charge is 0.481 e. The third-order valence-corrected chi connectivity index (χ3v) is 3.08. The molecule has 1 heterocycles. The van der Waals surface area contributed by atoms with Crippen LogP contribution < -0.4 is 0 Å². The van der Waals surface area contributed by atoms with Crippen LogP contribution in [-0.4, -0.2) is 11.1 Å². The number of hydrogen-bond acceptors (Lipinski definition) is 2. The summed E-state index contributed by atoms with van der Waals surface area (Å²) in [5, 5.41) is 9.01. The summed E-state index contributed by atoms with van der Waals surface area (Å²) in [6.07, 6.45) is 0. The van der Waals surface area contributed by atoms with Crippen LogP contribution >= 0.6 is 11.3 Å². The minimum absolute atomic E-state index is 0.149. The van der Waals surface area contributed by atoms with Crippen molar-refractivity contribution in [3.05, 3.63) is 21.9 Å². The van der Waals surface area contributed by atoms with Crippen LogP contribution in [0.1, 0.15) is 29.5 Å². The van der Waals surface area contributed by atoms with E-state index in [1.165, 1.54) is 4.88 Å². The minimum atomic E-state index is -0.725. The van der Waals surface area contributed by atoms with Crippen molar-refractivity contribution >= 4 is 17.3 Å². The van der Waals surface area contributed by atoms with Crippen molar-refractivity contribution in [2.24, 2.45) is 5.92 Å². The SMILES string of the molecule is Cc1ccc(C(C(=O)O)C(C)C)s1. The molecule has 0 spiro atoms. The Bertz CT molecular complexity index is 302. The molecule has 0 amide bonds. The number of thiophene rings is 1. The van der Waals surface area contributed by atoms with Crippen LogP contribution in [0.5, 0.6) is 0 Å². The highest BCUT2D eigenvalue weighted by Crippen LogP contribution is 2.30. The van der Waals surface area contributed by atoms with Crippen LogP contribution in [0.3, 0.4) is 0 Å². The number of carbonyl (C=O) groups is 1. The van der Waals surface area contributed by atoms with E-state index < -0.39 is 5.97 Å². The Kier molecular flexibility index (Phi) is 3.09. The molecular formula is C10H14O2S. The van der Waals surface area contributed by atoms with Gasteiger partial charge in [-0.05, 0) is 25.0 Å². The van der Waals surface area contributed by atoms with Gasteiger partial charge in [0.2, 0.25) is 0 Å². The maximum atomic E-state index is 11.0. The highest BCUT2D eigenvalue weighted by atomic mass is 32.1. The van der Waals surface area contributed by atoms with E-state index in [0.29, 0.717) is 0 Å². The van der Waals surface area contributed by atoms with Crippen LogP contribution in [-0.2, 0) is 4.79 Å². The van der Waals surface area contributed by atoms with Gasteiger partial charge in [-0.3, -0.25) is 4.79 Å². The molecule has 1 atom stereocenters. The minimum Gasteiger partial charge on any atom is -0.481 e. The van der Waals surface area contributed by atoms with Gasteiger partial charge in [0.05, 0.1) is 5.92 Å². The third kappa shape index (κ3) is 2.31. The second-order valence-corrected chi connectivity index (χ2v) is 4.83. The van der Waals surface area contributed by atoms with E-state index in [0.717, 1.165) is 4.88 Å². The first-order valence-electron chi connectivity index (χ1n) is 4.31. The lowest BCUT2D eigenvalue weighted by Crippen LogP contribution is -2.16. The van der Waals surface area contributed by atoms with Gasteiger partial charge in [0.25, 0.3) is 0 Å². The summed E-state index contributed by atoms with van der Waals surface area (Å²) in [4.78, 5) is 13.1. The van der Waals surface area contributed by atoms with E-state index in [-0.39, 0.29) is 11.8 Å². The molecule has 2 nitrogen and oxygen atoms in total. The highest BCUT2D eigenvalue weighted by Gasteiger charge is 2.24. The van der Waals surface area contributed by atoms with E-state index in [1.807, 2.05) is 32.9 Å². The zero-order valence-corrected chi connectivity index (χ0v) is 8.89. The molecule has 72 valence electrons. The van der Waals surface area contributed by atoms with Crippen molar-refractivity contribution < 1.29 is 9.90 Å². The Morgan fingerprint density at radius 2 is 2.08 bits per heavy atom. The van der Waals surface area contributed by atoms with Crippen LogP contribution in [0.15, 0.2) is 12.1 Å². The lowest BCUT2D eigenvalue weighted by atomic mass is 9.94. The maximum absolute atomic E-state index is 11.0. The van der Waals surface area contributed by atoms with E-state index in [1.54, 1.807) is 11.3 Å². The number of aryl methyl sites for hydroxylation is 1. The molecule has 0 aliphatic heterocycles. The molecule has 1 rings (SSSR count). The molecule has 1 unspecified atom stereocenters. The molecule has 0 aromatic carbocycles. The van der Waals surface area contributed by atoms with Crippen molar-refractivity contribution in [2.45, 2.75) is 26.7 Å². The highest BCUT2D eigenvalue weighted by molar-refractivity contribution is 7.12. The van der Waals surface area contributed by atoms with E-state index in [4.69, 9.17) is 5.11 Å². The summed E-state index contributed by atoms with van der Waals surface area (Å²) in [5.74, 6) is -0.925. The molecule has 0 saturated carbocycles. The molecule has 0 aliphatic rings. The molecule has 0 saturated heterocycles. The number of carboxylic acids is 1. The fourth-order valence-electron chi connectivity index (χ4n) is 1.36. The zero-order chi connectivity index (χ0) is 10.0. The molecule has 1 N–H and O–H groups in total. The van der Waals surface area contributed by atoms with E-state index in [9.17, 15) is 4.79 Å². The Labute approximate surface area is 82.2 Å². The van der Waals surface area contributed by atoms with Crippen molar-refractivity contribution in [3.8, 4) is 0 Å². The van der Waals surface area contributed by atoms with Gasteiger partial charge in [0, 0.05) is 9.75 Å². The summed E-state index contributed by atoms with van der Waals surface area (Å²) >= 11 is 1.57. The number of carboxylic acid groups (broad SMARTS) is 1. The van der Waals surface area contributed by atoms with Gasteiger partial charge in [-0.25, -0.2) is 0 Å². The smallest absolute Gasteiger partial charge is 0.312 e. The van der Waals surface area contributed by atoms with Crippen LogP contribution in [0.2, 0.25) is 0 Å². The Balaban J connectivity index is 2.95. The molecule has 0 fully saturated rings. The Hall–Kier alpha value is -0.830. The standard InChI is InChI=1S/C10H14O2S/c1-6(2)9(10(11)12)8-5-4-7(3)13-8/h4-6,9H,1-3H3,(H,11,12). The lowest BCUT2D eigenvalue weighted by molar-refractivity contribution is -0.139. The predicted molar refractivity (Wildman–Crippen MR) is 54.3 cm³/mol. The normalized spacial score (nSPS) is 13.2. The molecule has 13 heavy (non-hydrogen) atoms. The summed E-state index contributed by atoms with van der Waals surface area (Å²) < 4.78 is 0. The van der Waals surface area contributed by atoms with Crippen molar-refractivity contribution in [1.29, 1.82) is 0 Å². The summed E-state index contributed by atoms with van der Waals surface area (Å²) in [7, 11) is 0. The first kappa shape index (κ1) is 10.3. The van der Waals surface area contributed by atoms with Crippen LogP contribution in [0, 0.1) is 12.8 Å². The third-order valence-electron chi connectivity index (χ3n) is 2.00. The average Bonchev–Trinajstić information content (AvgIpc) is 2.34. The predicted octanol–water partition coefficient (Wildman–Crippen LogP) is 2.88. The van der Waals surface area contributed by atoms with Crippen LogP contribution in [0.25, 0.3) is 0 Å². The zero-order valence-electron chi connectivity index (χ0n) is 8.07. The van der Waals surface area contributed by atoms with Gasteiger partial charge in [0.1, 0.15) is 0 Å². The molecule has 1 aromatic heterocycles. The summed E-state index contributed by atoms with van der Waals surface area (Å²) in [5.41, 5.74) is 0. The quantitative estimate of drug-likeness (QED) is 0.810. The summed E-state index contributed by atoms with van der Waals surface area (Å²) in [6, 6.07) is 3.89. The second kappa shape index (κ2) is 3.92. The second-order valence-electron chi connectivity index (χ2n) is 3.51. The number of hydrogen-bond donors (Lipinski definition) is 1. The van der Waals surface area contributed by atoms with Crippen molar-refractivity contribution in [2.75, 3.05) is 0 Å². The molecule has 0 bridgehead atoms. The van der Waals surface area contributed by atoms with E-state index in [2.05, 4.69) is 0 Å². The number of rotatable bonds is 3. The number of aliphatic carboxylic acids is 1. The van der Waals surface area contributed by atoms with E-state index >= 15 is 0 Å². The Morgan fingerprint density at radius 3 is 2.38 bits per heavy atom. The fraction of sp³-hybridized carbons (Fsp3) is 0.500. The fourth-order valence-corrected chi connectivity index (χ4v) is 2.50. The van der Waals surface area contributed by atoms with Gasteiger partial charge in [-0.15, -0.1) is 11.3 Å². The van der Waals surface area contributed by atoms with Gasteiger partial charge in [-0.2, -0.15) is 0 Å². The van der Waals surface area contributed by atoms with Crippen molar-refractivity contribution in [3.63, 3.8) is 0 Å². The molecule has 0 radical (unpaired) electrons. The average molecular weight is 198 g/mol. The summed E-state index contributed by atoms with van der Waals surface area (Å²) in [6.45, 7) is 5.87. The van der Waals surface area contributed by atoms with Crippen molar-refractivity contribution in [1.82, 2.24) is 0 Å². The molecule has 1 aromatic rings. The first-order valence-corrected chi connectivity index (χ1v) is 5.13. The molecular weight excluding hydrogens is 184 g/mol. The Morgan fingerprint density at radius 1 is 1.46 bits per heavy atom. The van der Waals surface area contributed by atoms with Gasteiger partial charge in [0.15, 0.2) is 0 Å². The van der Waals surface area contributed by atoms with Crippen LogP contribution in [0.4, 0.5) is 0 Å². The topological polar surface area (TPSA) is 37.3 Å².